The van der Waals surface area contributed by atoms with Gasteiger partial charge in [0, 0.05) is 17.5 Å². The third-order valence-corrected chi connectivity index (χ3v) is 3.77. The summed E-state index contributed by atoms with van der Waals surface area (Å²) in [7, 11) is 0. The first-order valence-electron chi connectivity index (χ1n) is 6.22. The molecule has 1 saturated carbocycles. The smallest absolute Gasteiger partial charge is 0.212 e. The number of carbonyl (C=O) groups is 1. The zero-order valence-electron chi connectivity index (χ0n) is 10.3. The van der Waals surface area contributed by atoms with E-state index in [9.17, 15) is 4.79 Å². The van der Waals surface area contributed by atoms with Crippen LogP contribution in [0.25, 0.3) is 0 Å². The Bertz CT molecular complexity index is 588. The van der Waals surface area contributed by atoms with E-state index >= 15 is 0 Å². The first-order chi connectivity index (χ1) is 9.26. The molecule has 3 rings (SSSR count). The fourth-order valence-electron chi connectivity index (χ4n) is 1.72. The number of benzene rings is 1. The maximum atomic E-state index is 12.2. The van der Waals surface area contributed by atoms with Crippen LogP contribution in [0, 0.1) is 0 Å². The van der Waals surface area contributed by atoms with Gasteiger partial charge < -0.3 is 10.5 Å². The van der Waals surface area contributed by atoms with E-state index in [0.717, 1.165) is 23.6 Å². The molecule has 0 atom stereocenters. The van der Waals surface area contributed by atoms with Crippen molar-refractivity contribution in [2.75, 3.05) is 0 Å². The number of ketones is 1. The summed E-state index contributed by atoms with van der Waals surface area (Å²) in [4.78, 5) is 16.4. The Hall–Kier alpha value is -1.72. The second-order valence-corrected chi connectivity index (χ2v) is 5.44. The van der Waals surface area contributed by atoms with Crippen LogP contribution in [0.5, 0.6) is 5.75 Å². The van der Waals surface area contributed by atoms with Crippen molar-refractivity contribution < 1.29 is 9.53 Å². The van der Waals surface area contributed by atoms with Crippen molar-refractivity contribution in [1.29, 1.82) is 0 Å². The second-order valence-electron chi connectivity index (χ2n) is 4.50. The SMILES string of the molecule is NCc1nc(C(=O)c2ccc(OC3CC3)cc2)cs1. The summed E-state index contributed by atoms with van der Waals surface area (Å²) in [5, 5.41) is 2.52. The Morgan fingerprint density at radius 1 is 1.37 bits per heavy atom. The van der Waals surface area contributed by atoms with Gasteiger partial charge in [-0.1, -0.05) is 0 Å². The molecule has 4 nitrogen and oxygen atoms in total. The van der Waals surface area contributed by atoms with E-state index < -0.39 is 0 Å². The summed E-state index contributed by atoms with van der Waals surface area (Å²) in [6.07, 6.45) is 2.62. The highest BCUT2D eigenvalue weighted by molar-refractivity contribution is 7.09. The molecule has 1 heterocycles. The lowest BCUT2D eigenvalue weighted by molar-refractivity contribution is 0.103. The maximum Gasteiger partial charge on any atom is 0.212 e. The molecule has 2 aromatic rings. The van der Waals surface area contributed by atoms with Crippen LogP contribution >= 0.6 is 11.3 Å². The summed E-state index contributed by atoms with van der Waals surface area (Å²) < 4.78 is 5.65. The number of rotatable bonds is 5. The van der Waals surface area contributed by atoms with Gasteiger partial charge in [0.2, 0.25) is 5.78 Å². The minimum absolute atomic E-state index is 0.0751. The lowest BCUT2D eigenvalue weighted by atomic mass is 10.1. The molecular weight excluding hydrogens is 260 g/mol. The van der Waals surface area contributed by atoms with Gasteiger partial charge in [-0.25, -0.2) is 4.98 Å². The molecule has 98 valence electrons. The van der Waals surface area contributed by atoms with E-state index in [0.29, 0.717) is 23.9 Å². The van der Waals surface area contributed by atoms with E-state index in [1.807, 2.05) is 12.1 Å². The molecule has 1 aliphatic rings. The van der Waals surface area contributed by atoms with Crippen LogP contribution in [0.2, 0.25) is 0 Å². The summed E-state index contributed by atoms with van der Waals surface area (Å²) in [6.45, 7) is 0.367. The molecule has 1 aromatic carbocycles. The molecule has 0 radical (unpaired) electrons. The van der Waals surface area contributed by atoms with Gasteiger partial charge in [-0.15, -0.1) is 11.3 Å². The van der Waals surface area contributed by atoms with Crippen LogP contribution in [0.3, 0.4) is 0 Å². The average molecular weight is 274 g/mol. The molecule has 0 saturated heterocycles. The molecule has 0 unspecified atom stereocenters. The Labute approximate surface area is 115 Å². The first-order valence-corrected chi connectivity index (χ1v) is 7.10. The van der Waals surface area contributed by atoms with Gasteiger partial charge in [-0.3, -0.25) is 4.79 Å². The van der Waals surface area contributed by atoms with Gasteiger partial charge >= 0.3 is 0 Å². The maximum absolute atomic E-state index is 12.2. The summed E-state index contributed by atoms with van der Waals surface area (Å²) in [5.41, 5.74) is 6.58. The standard InChI is InChI=1S/C14H14N2O2S/c15-7-13-16-12(8-19-13)14(17)9-1-3-10(4-2-9)18-11-5-6-11/h1-4,8,11H,5-7,15H2. The highest BCUT2D eigenvalue weighted by Crippen LogP contribution is 2.27. The Morgan fingerprint density at radius 3 is 2.68 bits per heavy atom. The minimum Gasteiger partial charge on any atom is -0.490 e. The molecule has 0 aliphatic heterocycles. The quantitative estimate of drug-likeness (QED) is 0.850. The van der Waals surface area contributed by atoms with Crippen LogP contribution in [0.1, 0.15) is 33.9 Å². The normalized spacial score (nSPS) is 14.4. The first kappa shape index (κ1) is 12.3. The molecule has 1 fully saturated rings. The Balaban J connectivity index is 1.75. The van der Waals surface area contributed by atoms with Crippen molar-refractivity contribution in [2.45, 2.75) is 25.5 Å². The average Bonchev–Trinajstić information content (AvgIpc) is 3.12. The monoisotopic (exact) mass is 274 g/mol. The lowest BCUT2D eigenvalue weighted by Gasteiger charge is -2.04. The number of thiazole rings is 1. The van der Waals surface area contributed by atoms with Gasteiger partial charge in [0.1, 0.15) is 16.5 Å². The van der Waals surface area contributed by atoms with Crippen LogP contribution in [0.4, 0.5) is 0 Å². The van der Waals surface area contributed by atoms with Crippen molar-refractivity contribution in [2.24, 2.45) is 5.73 Å². The van der Waals surface area contributed by atoms with Gasteiger partial charge in [0.25, 0.3) is 0 Å². The lowest BCUT2D eigenvalue weighted by Crippen LogP contribution is -2.03. The molecule has 1 aliphatic carbocycles. The number of ether oxygens (including phenoxy) is 1. The molecule has 0 spiro atoms. The zero-order chi connectivity index (χ0) is 13.2. The van der Waals surface area contributed by atoms with Crippen LogP contribution in [0.15, 0.2) is 29.6 Å². The van der Waals surface area contributed by atoms with Gasteiger partial charge in [0.15, 0.2) is 0 Å². The molecular formula is C14H14N2O2S. The van der Waals surface area contributed by atoms with Crippen molar-refractivity contribution in [1.82, 2.24) is 4.98 Å². The van der Waals surface area contributed by atoms with Crippen molar-refractivity contribution in [3.8, 4) is 5.75 Å². The predicted molar refractivity (Wildman–Crippen MR) is 73.5 cm³/mol. The molecule has 0 bridgehead atoms. The molecule has 0 amide bonds. The van der Waals surface area contributed by atoms with E-state index in [4.69, 9.17) is 10.5 Å². The number of hydrogen-bond acceptors (Lipinski definition) is 5. The number of aromatic nitrogens is 1. The Morgan fingerprint density at radius 2 is 2.11 bits per heavy atom. The number of nitrogens with zero attached hydrogens (tertiary/aromatic N) is 1. The van der Waals surface area contributed by atoms with Gasteiger partial charge in [-0.2, -0.15) is 0 Å². The summed E-state index contributed by atoms with van der Waals surface area (Å²) in [5.74, 6) is 0.744. The minimum atomic E-state index is -0.0751. The number of hydrogen-bond donors (Lipinski definition) is 1. The largest absolute Gasteiger partial charge is 0.490 e. The van der Waals surface area contributed by atoms with Crippen LogP contribution < -0.4 is 10.5 Å². The fraction of sp³-hybridized carbons (Fsp3) is 0.286. The molecule has 1 aromatic heterocycles. The summed E-state index contributed by atoms with van der Waals surface area (Å²) in [6, 6.07) is 7.23. The van der Waals surface area contributed by atoms with E-state index in [2.05, 4.69) is 4.98 Å². The van der Waals surface area contributed by atoms with E-state index in [-0.39, 0.29) is 5.78 Å². The van der Waals surface area contributed by atoms with E-state index in [1.165, 1.54) is 11.3 Å². The highest BCUT2D eigenvalue weighted by Gasteiger charge is 2.23. The van der Waals surface area contributed by atoms with E-state index in [1.54, 1.807) is 17.5 Å². The second kappa shape index (κ2) is 5.11. The Kier molecular flexibility index (Phi) is 3.31. The zero-order valence-corrected chi connectivity index (χ0v) is 11.2. The molecule has 2 N–H and O–H groups in total. The molecule has 19 heavy (non-hydrogen) atoms. The highest BCUT2D eigenvalue weighted by atomic mass is 32.1. The number of carbonyl (C=O) groups excluding carboxylic acids is 1. The third-order valence-electron chi connectivity index (χ3n) is 2.90. The third kappa shape index (κ3) is 2.83. The fourth-order valence-corrected chi connectivity index (χ4v) is 2.37. The van der Waals surface area contributed by atoms with Crippen LogP contribution in [-0.4, -0.2) is 16.9 Å². The van der Waals surface area contributed by atoms with Crippen molar-refractivity contribution in [3.05, 3.63) is 45.9 Å². The van der Waals surface area contributed by atoms with Crippen LogP contribution in [-0.2, 0) is 6.54 Å². The van der Waals surface area contributed by atoms with Crippen molar-refractivity contribution >= 4 is 17.1 Å². The molecule has 5 heteroatoms. The van der Waals surface area contributed by atoms with Gasteiger partial charge in [-0.05, 0) is 37.1 Å². The van der Waals surface area contributed by atoms with Crippen molar-refractivity contribution in [3.63, 3.8) is 0 Å². The summed E-state index contributed by atoms with van der Waals surface area (Å²) >= 11 is 1.41. The topological polar surface area (TPSA) is 65.2 Å². The predicted octanol–water partition coefficient (Wildman–Crippen LogP) is 2.37. The number of nitrogens with two attached hydrogens (primary N) is 1. The van der Waals surface area contributed by atoms with Gasteiger partial charge in [0.05, 0.1) is 6.10 Å².